The van der Waals surface area contributed by atoms with Crippen LogP contribution >= 0.6 is 0 Å². The van der Waals surface area contributed by atoms with Crippen LogP contribution in [0.15, 0.2) is 0 Å². The van der Waals surface area contributed by atoms with Crippen molar-refractivity contribution in [1.29, 1.82) is 0 Å². The Morgan fingerprint density at radius 3 is 2.64 bits per heavy atom. The van der Waals surface area contributed by atoms with Crippen LogP contribution in [-0.2, 0) is 4.79 Å². The average Bonchev–Trinajstić information content (AvgIpc) is 2.32. The molecule has 64 valence electrons. The van der Waals surface area contributed by atoms with E-state index in [0.29, 0.717) is 5.92 Å². The molecule has 0 unspecified atom stereocenters. The molecule has 0 saturated carbocycles. The molecule has 11 heavy (non-hydrogen) atoms. The van der Waals surface area contributed by atoms with Crippen molar-refractivity contribution in [3.05, 3.63) is 0 Å². The predicted molar refractivity (Wildman–Crippen MR) is 42.4 cm³/mol. The Bertz CT molecular complexity index is 156. The van der Waals surface area contributed by atoms with Gasteiger partial charge in [0.2, 0.25) is 0 Å². The number of aliphatic carboxylic acids is 1. The minimum atomic E-state index is -0.659. The zero-order valence-corrected chi connectivity index (χ0v) is 7.00. The highest BCUT2D eigenvalue weighted by molar-refractivity contribution is 5.71. The summed E-state index contributed by atoms with van der Waals surface area (Å²) in [5, 5.41) is 12.0. The van der Waals surface area contributed by atoms with Gasteiger partial charge in [0.15, 0.2) is 0 Å². The van der Waals surface area contributed by atoms with Crippen LogP contribution in [0.1, 0.15) is 20.3 Å². The first-order valence-electron chi connectivity index (χ1n) is 4.09. The Labute approximate surface area is 66.8 Å². The van der Waals surface area contributed by atoms with Crippen molar-refractivity contribution >= 4 is 5.97 Å². The molecule has 1 heterocycles. The van der Waals surface area contributed by atoms with E-state index < -0.39 is 5.97 Å². The Kier molecular flexibility index (Phi) is 2.49. The van der Waals surface area contributed by atoms with Crippen molar-refractivity contribution in [3.63, 3.8) is 0 Å². The van der Waals surface area contributed by atoms with Gasteiger partial charge in [0.05, 0.1) is 5.92 Å². The van der Waals surface area contributed by atoms with E-state index >= 15 is 0 Å². The first-order chi connectivity index (χ1) is 5.13. The van der Waals surface area contributed by atoms with Crippen LogP contribution in [0, 0.1) is 11.8 Å². The molecule has 1 rings (SSSR count). The third-order valence-corrected chi connectivity index (χ3v) is 2.30. The van der Waals surface area contributed by atoms with Crippen molar-refractivity contribution in [2.45, 2.75) is 26.3 Å². The van der Waals surface area contributed by atoms with Crippen LogP contribution < -0.4 is 5.32 Å². The van der Waals surface area contributed by atoms with Gasteiger partial charge in [0, 0.05) is 6.04 Å². The van der Waals surface area contributed by atoms with Gasteiger partial charge in [-0.05, 0) is 18.9 Å². The summed E-state index contributed by atoms with van der Waals surface area (Å²) in [4.78, 5) is 10.7. The zero-order valence-electron chi connectivity index (χ0n) is 7.00. The summed E-state index contributed by atoms with van der Waals surface area (Å²) in [6.45, 7) is 4.96. The summed E-state index contributed by atoms with van der Waals surface area (Å²) in [6, 6.07) is 0.174. The van der Waals surface area contributed by atoms with Crippen molar-refractivity contribution in [1.82, 2.24) is 5.32 Å². The maximum Gasteiger partial charge on any atom is 0.308 e. The van der Waals surface area contributed by atoms with E-state index in [1.807, 2.05) is 0 Å². The highest BCUT2D eigenvalue weighted by Gasteiger charge is 2.34. The maximum atomic E-state index is 10.7. The van der Waals surface area contributed by atoms with Crippen molar-refractivity contribution < 1.29 is 9.90 Å². The van der Waals surface area contributed by atoms with Crippen molar-refractivity contribution in [3.8, 4) is 0 Å². The molecule has 2 N–H and O–H groups in total. The van der Waals surface area contributed by atoms with Crippen LogP contribution in [0.4, 0.5) is 0 Å². The molecule has 0 bridgehead atoms. The van der Waals surface area contributed by atoms with Gasteiger partial charge in [0.1, 0.15) is 0 Å². The lowest BCUT2D eigenvalue weighted by Crippen LogP contribution is -2.35. The summed E-state index contributed by atoms with van der Waals surface area (Å²) < 4.78 is 0. The SMILES string of the molecule is CC(C)[C@H]1NCC[C@@H]1C(=O)O. The predicted octanol–water partition coefficient (Wildman–Crippen LogP) is 0.705. The smallest absolute Gasteiger partial charge is 0.308 e. The first kappa shape index (κ1) is 8.53. The number of carboxylic acids is 1. The minimum absolute atomic E-state index is 0.171. The van der Waals surface area contributed by atoms with Gasteiger partial charge >= 0.3 is 5.97 Å². The molecule has 0 aromatic carbocycles. The van der Waals surface area contributed by atoms with Gasteiger partial charge < -0.3 is 10.4 Å². The van der Waals surface area contributed by atoms with Gasteiger partial charge in [-0.15, -0.1) is 0 Å². The standard InChI is InChI=1S/C8H15NO2/c1-5(2)7-6(8(10)11)3-4-9-7/h5-7,9H,3-4H2,1-2H3,(H,10,11)/t6-,7+/m0/s1. The van der Waals surface area contributed by atoms with E-state index in [9.17, 15) is 4.79 Å². The third-order valence-electron chi connectivity index (χ3n) is 2.30. The quantitative estimate of drug-likeness (QED) is 0.620. The Balaban J connectivity index is 2.58. The van der Waals surface area contributed by atoms with E-state index in [2.05, 4.69) is 19.2 Å². The molecule has 1 saturated heterocycles. The molecule has 0 amide bonds. The van der Waals surface area contributed by atoms with Crippen LogP contribution in [0.3, 0.4) is 0 Å². The molecule has 1 aliphatic rings. The lowest BCUT2D eigenvalue weighted by Gasteiger charge is -2.19. The van der Waals surface area contributed by atoms with E-state index in [4.69, 9.17) is 5.11 Å². The number of hydrogen-bond acceptors (Lipinski definition) is 2. The average molecular weight is 157 g/mol. The molecule has 3 heteroatoms. The maximum absolute atomic E-state index is 10.7. The normalized spacial score (nSPS) is 31.2. The van der Waals surface area contributed by atoms with E-state index in [1.165, 1.54) is 0 Å². The highest BCUT2D eigenvalue weighted by atomic mass is 16.4. The molecule has 0 aliphatic carbocycles. The highest BCUT2D eigenvalue weighted by Crippen LogP contribution is 2.21. The first-order valence-corrected chi connectivity index (χ1v) is 4.09. The summed E-state index contributed by atoms with van der Waals surface area (Å²) in [5.41, 5.74) is 0. The lowest BCUT2D eigenvalue weighted by molar-refractivity contribution is -0.142. The number of hydrogen-bond donors (Lipinski definition) is 2. The molecule has 0 spiro atoms. The molecule has 1 fully saturated rings. The minimum Gasteiger partial charge on any atom is -0.481 e. The summed E-state index contributed by atoms with van der Waals surface area (Å²) >= 11 is 0. The van der Waals surface area contributed by atoms with E-state index in [1.54, 1.807) is 0 Å². The van der Waals surface area contributed by atoms with Crippen LogP contribution in [-0.4, -0.2) is 23.7 Å². The van der Waals surface area contributed by atoms with Gasteiger partial charge in [-0.1, -0.05) is 13.8 Å². The Morgan fingerprint density at radius 2 is 2.27 bits per heavy atom. The molecular weight excluding hydrogens is 142 g/mol. The Morgan fingerprint density at radius 1 is 1.64 bits per heavy atom. The largest absolute Gasteiger partial charge is 0.481 e. The molecule has 0 aromatic heterocycles. The molecule has 2 atom stereocenters. The number of rotatable bonds is 2. The summed E-state index contributed by atoms with van der Waals surface area (Å²) in [5.74, 6) is -0.415. The fourth-order valence-corrected chi connectivity index (χ4v) is 1.70. The molecule has 1 aliphatic heterocycles. The van der Waals surface area contributed by atoms with Gasteiger partial charge in [-0.2, -0.15) is 0 Å². The van der Waals surface area contributed by atoms with Gasteiger partial charge in [-0.25, -0.2) is 0 Å². The fourth-order valence-electron chi connectivity index (χ4n) is 1.70. The Hall–Kier alpha value is -0.570. The topological polar surface area (TPSA) is 49.3 Å². The van der Waals surface area contributed by atoms with Crippen LogP contribution in [0.5, 0.6) is 0 Å². The van der Waals surface area contributed by atoms with Gasteiger partial charge in [-0.3, -0.25) is 4.79 Å². The second-order valence-electron chi connectivity index (χ2n) is 3.46. The summed E-state index contributed by atoms with van der Waals surface area (Å²) in [6.07, 6.45) is 0.776. The van der Waals surface area contributed by atoms with Crippen LogP contribution in [0.2, 0.25) is 0 Å². The number of carboxylic acid groups (broad SMARTS) is 1. The monoisotopic (exact) mass is 157 g/mol. The number of nitrogens with one attached hydrogen (secondary N) is 1. The molecule has 3 nitrogen and oxygen atoms in total. The zero-order chi connectivity index (χ0) is 8.43. The van der Waals surface area contributed by atoms with Crippen molar-refractivity contribution in [2.75, 3.05) is 6.54 Å². The van der Waals surface area contributed by atoms with Crippen molar-refractivity contribution in [2.24, 2.45) is 11.8 Å². The second-order valence-corrected chi connectivity index (χ2v) is 3.46. The number of carbonyl (C=O) groups is 1. The van der Waals surface area contributed by atoms with E-state index in [-0.39, 0.29) is 12.0 Å². The molecular formula is C8H15NO2. The third kappa shape index (κ3) is 1.71. The van der Waals surface area contributed by atoms with Crippen LogP contribution in [0.25, 0.3) is 0 Å². The second kappa shape index (κ2) is 3.22. The lowest BCUT2D eigenvalue weighted by atomic mass is 9.92. The molecule has 0 radical (unpaired) electrons. The molecule has 0 aromatic rings. The van der Waals surface area contributed by atoms with Gasteiger partial charge in [0.25, 0.3) is 0 Å². The van der Waals surface area contributed by atoms with E-state index in [0.717, 1.165) is 13.0 Å². The summed E-state index contributed by atoms with van der Waals surface area (Å²) in [7, 11) is 0. The fraction of sp³-hybridized carbons (Fsp3) is 0.875.